The topological polar surface area (TPSA) is 105 Å². The number of ether oxygens (including phenoxy) is 2. The van der Waals surface area contributed by atoms with Gasteiger partial charge in [0.05, 0.1) is 29.4 Å². The number of carbonyl (C=O) groups is 2. The first kappa shape index (κ1) is 24.0. The second kappa shape index (κ2) is 9.38. The highest BCUT2D eigenvalue weighted by molar-refractivity contribution is 7.89. The molecule has 0 aromatic heterocycles. The van der Waals surface area contributed by atoms with Gasteiger partial charge in [-0.15, -0.1) is 0 Å². The van der Waals surface area contributed by atoms with Gasteiger partial charge in [0, 0.05) is 31.4 Å². The lowest BCUT2D eigenvalue weighted by Gasteiger charge is -2.26. The molecule has 36 heavy (non-hydrogen) atoms. The first-order chi connectivity index (χ1) is 17.2. The predicted octanol–water partition coefficient (Wildman–Crippen LogP) is 3.65. The van der Waals surface area contributed by atoms with Crippen LogP contribution in [0.1, 0.15) is 26.3 Å². The van der Waals surface area contributed by atoms with Crippen LogP contribution in [0, 0.1) is 6.92 Å². The lowest BCUT2D eigenvalue weighted by molar-refractivity contribution is 0.0730. The van der Waals surface area contributed by atoms with E-state index in [0.29, 0.717) is 54.7 Å². The number of morpholine rings is 1. The van der Waals surface area contributed by atoms with Crippen LogP contribution >= 0.6 is 0 Å². The zero-order valence-corrected chi connectivity index (χ0v) is 20.7. The Morgan fingerprint density at radius 3 is 2.36 bits per heavy atom. The van der Waals surface area contributed by atoms with E-state index in [1.54, 1.807) is 25.2 Å². The minimum absolute atomic E-state index is 0.117. The zero-order chi connectivity index (χ0) is 25.4. The summed E-state index contributed by atoms with van der Waals surface area (Å²) in [6, 6.07) is 16.2. The Kier molecular flexibility index (Phi) is 6.25. The molecule has 3 aromatic rings. The minimum Gasteiger partial charge on any atom is -0.454 e. The highest BCUT2D eigenvalue weighted by Gasteiger charge is 2.28. The number of hydrogen-bond donors (Lipinski definition) is 1. The number of amides is 2. The van der Waals surface area contributed by atoms with Crippen molar-refractivity contribution >= 4 is 33.2 Å². The average molecular weight is 508 g/mol. The van der Waals surface area contributed by atoms with Crippen LogP contribution in [0.3, 0.4) is 0 Å². The molecule has 2 amide bonds. The quantitative estimate of drug-likeness (QED) is 0.578. The van der Waals surface area contributed by atoms with E-state index in [1.165, 1.54) is 33.5 Å². The van der Waals surface area contributed by atoms with E-state index in [-0.39, 0.29) is 16.4 Å². The van der Waals surface area contributed by atoms with Crippen molar-refractivity contribution in [2.75, 3.05) is 43.6 Å². The van der Waals surface area contributed by atoms with E-state index < -0.39 is 15.9 Å². The van der Waals surface area contributed by atoms with E-state index in [4.69, 9.17) is 9.47 Å². The van der Waals surface area contributed by atoms with Crippen LogP contribution in [0.25, 0.3) is 0 Å². The van der Waals surface area contributed by atoms with Gasteiger partial charge in [-0.25, -0.2) is 8.42 Å². The van der Waals surface area contributed by atoms with Crippen molar-refractivity contribution in [3.8, 4) is 11.5 Å². The maximum atomic E-state index is 13.1. The van der Waals surface area contributed by atoms with Crippen LogP contribution in [-0.2, 0) is 14.8 Å². The van der Waals surface area contributed by atoms with E-state index in [2.05, 4.69) is 5.32 Å². The number of rotatable bonds is 4. The first-order valence-electron chi connectivity index (χ1n) is 11.4. The molecular formula is C26H25N3O6S. The van der Waals surface area contributed by atoms with Crippen LogP contribution in [0.4, 0.5) is 11.4 Å². The number of sulfonamides is 1. The molecular weight excluding hydrogens is 482 g/mol. The predicted molar refractivity (Wildman–Crippen MR) is 134 cm³/mol. The van der Waals surface area contributed by atoms with Crippen molar-refractivity contribution in [3.63, 3.8) is 0 Å². The van der Waals surface area contributed by atoms with Crippen LogP contribution in [0.15, 0.2) is 65.6 Å². The fourth-order valence-corrected chi connectivity index (χ4v) is 5.57. The number of aryl methyl sites for hydroxylation is 1. The fourth-order valence-electron chi connectivity index (χ4n) is 4.17. The summed E-state index contributed by atoms with van der Waals surface area (Å²) in [5.41, 5.74) is 2.68. The van der Waals surface area contributed by atoms with E-state index in [0.717, 1.165) is 5.56 Å². The molecule has 0 spiro atoms. The largest absolute Gasteiger partial charge is 0.454 e. The van der Waals surface area contributed by atoms with Gasteiger partial charge < -0.3 is 19.7 Å². The lowest BCUT2D eigenvalue weighted by Crippen LogP contribution is -2.40. The van der Waals surface area contributed by atoms with Crippen LogP contribution in [0.2, 0.25) is 0 Å². The maximum absolute atomic E-state index is 13.1. The second-order valence-corrected chi connectivity index (χ2v) is 10.6. The van der Waals surface area contributed by atoms with Gasteiger partial charge in [-0.3, -0.25) is 9.59 Å². The molecule has 2 aliphatic rings. The number of benzene rings is 3. The molecule has 1 saturated heterocycles. The SMILES string of the molecule is Cc1ccc2c(c1)N(C)C(=O)c1cc(NC(=O)c3ccc(S(=O)(=O)N4CCOCC4)cc3)ccc1O2. The van der Waals surface area contributed by atoms with Crippen molar-refractivity contribution in [1.82, 2.24) is 4.31 Å². The van der Waals surface area contributed by atoms with Crippen LogP contribution < -0.4 is 15.0 Å². The smallest absolute Gasteiger partial charge is 0.261 e. The summed E-state index contributed by atoms with van der Waals surface area (Å²) in [4.78, 5) is 27.6. The summed E-state index contributed by atoms with van der Waals surface area (Å²) in [5, 5.41) is 2.77. The third-order valence-electron chi connectivity index (χ3n) is 6.19. The Labute approximate surface area is 209 Å². The van der Waals surface area contributed by atoms with Crippen molar-refractivity contribution in [2.24, 2.45) is 0 Å². The normalized spacial score (nSPS) is 15.9. The summed E-state index contributed by atoms with van der Waals surface area (Å²) in [6.07, 6.45) is 0. The molecule has 0 bridgehead atoms. The molecule has 2 heterocycles. The van der Waals surface area contributed by atoms with Crippen LogP contribution in [-0.4, -0.2) is 57.9 Å². The zero-order valence-electron chi connectivity index (χ0n) is 19.9. The first-order valence-corrected chi connectivity index (χ1v) is 12.9. The molecule has 0 aliphatic carbocycles. The Morgan fingerprint density at radius 2 is 1.64 bits per heavy atom. The summed E-state index contributed by atoms with van der Waals surface area (Å²) in [5.74, 6) is 0.270. The lowest BCUT2D eigenvalue weighted by atomic mass is 10.1. The van der Waals surface area contributed by atoms with Gasteiger partial charge in [0.25, 0.3) is 11.8 Å². The highest BCUT2D eigenvalue weighted by Crippen LogP contribution is 2.39. The number of nitrogens with one attached hydrogen (secondary N) is 1. The molecule has 5 rings (SSSR count). The molecule has 2 aliphatic heterocycles. The molecule has 0 unspecified atom stereocenters. The molecule has 1 N–H and O–H groups in total. The van der Waals surface area contributed by atoms with Crippen molar-refractivity contribution in [3.05, 3.63) is 77.4 Å². The van der Waals surface area contributed by atoms with Gasteiger partial charge in [0.1, 0.15) is 5.75 Å². The number of hydrogen-bond acceptors (Lipinski definition) is 6. The Morgan fingerprint density at radius 1 is 0.944 bits per heavy atom. The highest BCUT2D eigenvalue weighted by atomic mass is 32.2. The molecule has 0 radical (unpaired) electrons. The minimum atomic E-state index is -3.65. The van der Waals surface area contributed by atoms with Crippen molar-refractivity contribution < 1.29 is 27.5 Å². The molecule has 186 valence electrons. The summed E-state index contributed by atoms with van der Waals surface area (Å²) in [6.45, 7) is 3.25. The second-order valence-electron chi connectivity index (χ2n) is 8.64. The van der Waals surface area contributed by atoms with E-state index >= 15 is 0 Å². The number of carbonyl (C=O) groups excluding carboxylic acids is 2. The average Bonchev–Trinajstić information content (AvgIpc) is 2.99. The van der Waals surface area contributed by atoms with Gasteiger partial charge in [-0.05, 0) is 67.1 Å². The van der Waals surface area contributed by atoms with Gasteiger partial charge in [0.15, 0.2) is 5.75 Å². The monoisotopic (exact) mass is 507 g/mol. The number of fused-ring (bicyclic) bond motifs is 2. The molecule has 0 atom stereocenters. The number of nitrogens with zero attached hydrogens (tertiary/aromatic N) is 2. The fraction of sp³-hybridized carbons (Fsp3) is 0.231. The third-order valence-corrected chi connectivity index (χ3v) is 8.11. The molecule has 9 nitrogen and oxygen atoms in total. The Hall–Kier alpha value is -3.73. The van der Waals surface area contributed by atoms with Gasteiger partial charge in [-0.1, -0.05) is 6.07 Å². The molecule has 1 fully saturated rings. The molecule has 10 heteroatoms. The third kappa shape index (κ3) is 4.46. The Bertz CT molecular complexity index is 1450. The van der Waals surface area contributed by atoms with Crippen molar-refractivity contribution in [1.29, 1.82) is 0 Å². The Balaban J connectivity index is 1.34. The summed E-state index contributed by atoms with van der Waals surface area (Å²) < 4.78 is 38.2. The van der Waals surface area contributed by atoms with Gasteiger partial charge in [-0.2, -0.15) is 4.31 Å². The molecule has 0 saturated carbocycles. The van der Waals surface area contributed by atoms with Crippen LogP contribution in [0.5, 0.6) is 11.5 Å². The summed E-state index contributed by atoms with van der Waals surface area (Å²) in [7, 11) is -1.97. The molecule has 3 aromatic carbocycles. The summed E-state index contributed by atoms with van der Waals surface area (Å²) >= 11 is 0. The van der Waals surface area contributed by atoms with Crippen molar-refractivity contribution in [2.45, 2.75) is 11.8 Å². The standard InChI is InChI=1S/C26H25N3O6S/c1-17-3-9-24-22(15-17)28(2)26(31)21-16-19(6-10-23(21)35-24)27-25(30)18-4-7-20(8-5-18)36(32,33)29-11-13-34-14-12-29/h3-10,15-16H,11-14H2,1-2H3,(H,27,30). The van der Waals surface area contributed by atoms with Gasteiger partial charge in [0.2, 0.25) is 10.0 Å². The number of anilines is 2. The maximum Gasteiger partial charge on any atom is 0.261 e. The van der Waals surface area contributed by atoms with E-state index in [1.807, 2.05) is 25.1 Å². The van der Waals surface area contributed by atoms with Gasteiger partial charge >= 0.3 is 0 Å². The van der Waals surface area contributed by atoms with E-state index in [9.17, 15) is 18.0 Å².